The molecule has 0 aromatic heterocycles. The molecule has 1 heterocycles. The third-order valence-electron chi connectivity index (χ3n) is 3.61. The average Bonchev–Trinajstić information content (AvgIpc) is 2.26. The first-order chi connectivity index (χ1) is 7.50. The number of benzene rings is 1. The monoisotopic (exact) mass is 217 g/mol. The van der Waals surface area contributed by atoms with Crippen LogP contribution in [0.2, 0.25) is 0 Å². The van der Waals surface area contributed by atoms with Gasteiger partial charge in [-0.3, -0.25) is 4.90 Å². The maximum absolute atomic E-state index is 2.51. The Kier molecular flexibility index (Phi) is 3.07. The van der Waals surface area contributed by atoms with Gasteiger partial charge in [0.15, 0.2) is 0 Å². The second-order valence-corrected chi connectivity index (χ2v) is 5.85. The Bertz CT molecular complexity index is 374. The Labute approximate surface area is 99.5 Å². The summed E-state index contributed by atoms with van der Waals surface area (Å²) in [4.78, 5) is 2.51. The Morgan fingerprint density at radius 3 is 2.56 bits per heavy atom. The van der Waals surface area contributed by atoms with Crippen molar-refractivity contribution in [2.75, 3.05) is 13.1 Å². The van der Waals surface area contributed by atoms with E-state index in [1.54, 1.807) is 5.56 Å². The average molecular weight is 217 g/mol. The van der Waals surface area contributed by atoms with Crippen LogP contribution in [0.5, 0.6) is 0 Å². The minimum atomic E-state index is 0.275. The molecule has 1 aliphatic heterocycles. The summed E-state index contributed by atoms with van der Waals surface area (Å²) in [5.41, 5.74) is 4.84. The number of likely N-dealkylation sites (N-methyl/N-ethyl adjacent to an activating group) is 1. The topological polar surface area (TPSA) is 3.24 Å². The lowest BCUT2D eigenvalue weighted by atomic mass is 9.84. The molecule has 0 atom stereocenters. The van der Waals surface area contributed by atoms with E-state index in [1.165, 1.54) is 30.6 Å². The summed E-state index contributed by atoms with van der Waals surface area (Å²) >= 11 is 0. The fraction of sp³-hybridized carbons (Fsp3) is 0.600. The van der Waals surface area contributed by atoms with Crippen molar-refractivity contribution in [3.63, 3.8) is 0 Å². The zero-order chi connectivity index (χ0) is 11.8. The molecule has 1 heteroatoms. The largest absolute Gasteiger partial charge is 0.299 e. The summed E-state index contributed by atoms with van der Waals surface area (Å²) in [6, 6.07) is 7.05. The fourth-order valence-electron chi connectivity index (χ4n) is 2.35. The molecular weight excluding hydrogens is 194 g/mol. The molecule has 0 radical (unpaired) electrons. The lowest BCUT2D eigenvalue weighted by Gasteiger charge is -2.29. The number of hydrogen-bond acceptors (Lipinski definition) is 1. The molecule has 0 fully saturated rings. The van der Waals surface area contributed by atoms with Crippen LogP contribution >= 0.6 is 0 Å². The highest BCUT2D eigenvalue weighted by atomic mass is 15.1. The van der Waals surface area contributed by atoms with E-state index >= 15 is 0 Å². The summed E-state index contributed by atoms with van der Waals surface area (Å²) < 4.78 is 0. The molecule has 0 aliphatic carbocycles. The predicted octanol–water partition coefficient (Wildman–Crippen LogP) is 3.36. The highest BCUT2D eigenvalue weighted by Gasteiger charge is 2.19. The smallest absolute Gasteiger partial charge is 0.0236 e. The van der Waals surface area contributed by atoms with Crippen molar-refractivity contribution < 1.29 is 0 Å². The van der Waals surface area contributed by atoms with E-state index < -0.39 is 0 Å². The van der Waals surface area contributed by atoms with E-state index in [4.69, 9.17) is 0 Å². The van der Waals surface area contributed by atoms with Gasteiger partial charge in [-0.25, -0.2) is 0 Å². The number of rotatable bonds is 1. The molecule has 1 nitrogen and oxygen atoms in total. The SMILES string of the molecule is CCN1CCc2cc(C(C)(C)C)ccc2C1. The molecule has 0 amide bonds. The molecular formula is C15H23N. The zero-order valence-electron chi connectivity index (χ0n) is 11.0. The second kappa shape index (κ2) is 4.21. The third-order valence-corrected chi connectivity index (χ3v) is 3.61. The normalized spacial score (nSPS) is 17.2. The lowest BCUT2D eigenvalue weighted by molar-refractivity contribution is 0.268. The minimum absolute atomic E-state index is 0.275. The quantitative estimate of drug-likeness (QED) is 0.697. The highest BCUT2D eigenvalue weighted by Crippen LogP contribution is 2.27. The zero-order valence-corrected chi connectivity index (χ0v) is 11.0. The molecule has 2 rings (SSSR count). The van der Waals surface area contributed by atoms with E-state index in [2.05, 4.69) is 50.8 Å². The van der Waals surface area contributed by atoms with Crippen molar-refractivity contribution in [2.24, 2.45) is 0 Å². The number of nitrogens with zero attached hydrogens (tertiary/aromatic N) is 1. The fourth-order valence-corrected chi connectivity index (χ4v) is 2.35. The van der Waals surface area contributed by atoms with Crippen LogP contribution < -0.4 is 0 Å². The minimum Gasteiger partial charge on any atom is -0.299 e. The van der Waals surface area contributed by atoms with Crippen molar-refractivity contribution in [2.45, 2.75) is 46.1 Å². The van der Waals surface area contributed by atoms with Gasteiger partial charge < -0.3 is 0 Å². The number of hydrogen-bond donors (Lipinski definition) is 0. The first kappa shape index (κ1) is 11.7. The molecule has 0 N–H and O–H groups in total. The van der Waals surface area contributed by atoms with Crippen LogP contribution in [0.1, 0.15) is 44.4 Å². The van der Waals surface area contributed by atoms with Gasteiger partial charge in [0.2, 0.25) is 0 Å². The van der Waals surface area contributed by atoms with Crippen molar-refractivity contribution in [1.29, 1.82) is 0 Å². The summed E-state index contributed by atoms with van der Waals surface area (Å²) in [6.07, 6.45) is 1.22. The van der Waals surface area contributed by atoms with E-state index in [-0.39, 0.29) is 5.41 Å². The molecule has 0 saturated heterocycles. The van der Waals surface area contributed by atoms with Crippen LogP contribution in [0.15, 0.2) is 18.2 Å². The molecule has 88 valence electrons. The third kappa shape index (κ3) is 2.30. The first-order valence-corrected chi connectivity index (χ1v) is 6.35. The van der Waals surface area contributed by atoms with Crippen LogP contribution in [-0.4, -0.2) is 18.0 Å². The van der Waals surface area contributed by atoms with Crippen LogP contribution in [0.25, 0.3) is 0 Å². The number of fused-ring (bicyclic) bond motifs is 1. The Morgan fingerprint density at radius 1 is 1.19 bits per heavy atom. The van der Waals surface area contributed by atoms with Crippen LogP contribution in [0, 0.1) is 0 Å². The van der Waals surface area contributed by atoms with Gasteiger partial charge in [0.05, 0.1) is 0 Å². The van der Waals surface area contributed by atoms with Gasteiger partial charge in [-0.2, -0.15) is 0 Å². The van der Waals surface area contributed by atoms with Gasteiger partial charge in [0.1, 0.15) is 0 Å². The van der Waals surface area contributed by atoms with Crippen LogP contribution in [0.3, 0.4) is 0 Å². The summed E-state index contributed by atoms with van der Waals surface area (Å²) in [7, 11) is 0. The molecule has 1 aliphatic rings. The van der Waals surface area contributed by atoms with Crippen LogP contribution in [-0.2, 0) is 18.4 Å². The molecule has 0 unspecified atom stereocenters. The highest BCUT2D eigenvalue weighted by molar-refractivity contribution is 5.36. The van der Waals surface area contributed by atoms with Gasteiger partial charge in [0, 0.05) is 13.1 Å². The van der Waals surface area contributed by atoms with Gasteiger partial charge in [-0.1, -0.05) is 45.9 Å². The summed E-state index contributed by atoms with van der Waals surface area (Å²) in [5, 5.41) is 0. The van der Waals surface area contributed by atoms with Gasteiger partial charge in [-0.15, -0.1) is 0 Å². The van der Waals surface area contributed by atoms with Crippen LogP contribution in [0.4, 0.5) is 0 Å². The lowest BCUT2D eigenvalue weighted by Crippen LogP contribution is -2.30. The van der Waals surface area contributed by atoms with E-state index in [1.807, 2.05) is 0 Å². The predicted molar refractivity (Wildman–Crippen MR) is 69.8 cm³/mol. The Morgan fingerprint density at radius 2 is 1.94 bits per heavy atom. The van der Waals surface area contributed by atoms with Crippen molar-refractivity contribution in [3.05, 3.63) is 34.9 Å². The van der Waals surface area contributed by atoms with Gasteiger partial charge in [0.25, 0.3) is 0 Å². The molecule has 1 aromatic rings. The maximum atomic E-state index is 2.51. The van der Waals surface area contributed by atoms with E-state index in [0.717, 1.165) is 6.54 Å². The molecule has 0 bridgehead atoms. The van der Waals surface area contributed by atoms with Crippen molar-refractivity contribution in [3.8, 4) is 0 Å². The van der Waals surface area contributed by atoms with E-state index in [0.29, 0.717) is 0 Å². The molecule has 16 heavy (non-hydrogen) atoms. The standard InChI is InChI=1S/C15H23N/c1-5-16-9-8-12-10-14(15(2,3)4)7-6-13(12)11-16/h6-7,10H,5,8-9,11H2,1-4H3. The molecule has 0 spiro atoms. The first-order valence-electron chi connectivity index (χ1n) is 6.35. The van der Waals surface area contributed by atoms with Gasteiger partial charge in [-0.05, 0) is 35.1 Å². The Hall–Kier alpha value is -0.820. The summed E-state index contributed by atoms with van der Waals surface area (Å²) in [6.45, 7) is 12.6. The summed E-state index contributed by atoms with van der Waals surface area (Å²) in [5.74, 6) is 0. The maximum Gasteiger partial charge on any atom is 0.0236 e. The molecule has 0 saturated carbocycles. The Balaban J connectivity index is 2.28. The second-order valence-electron chi connectivity index (χ2n) is 5.85. The molecule has 1 aromatic carbocycles. The van der Waals surface area contributed by atoms with E-state index in [9.17, 15) is 0 Å². The van der Waals surface area contributed by atoms with Gasteiger partial charge >= 0.3 is 0 Å². The van der Waals surface area contributed by atoms with Crippen molar-refractivity contribution in [1.82, 2.24) is 4.90 Å². The van der Waals surface area contributed by atoms with Crippen molar-refractivity contribution >= 4 is 0 Å².